The number of halogens is 1. The largest absolute Gasteiger partial charge is 0.396 e. The molecular formula is C7H9BrN4O2. The van der Waals surface area contributed by atoms with E-state index in [1.165, 1.54) is 10.8 Å². The van der Waals surface area contributed by atoms with Crippen LogP contribution in [0.2, 0.25) is 0 Å². The molecule has 0 unspecified atom stereocenters. The average molecular weight is 261 g/mol. The first-order valence-corrected chi connectivity index (χ1v) is 4.45. The lowest BCUT2D eigenvalue weighted by molar-refractivity contribution is -0.118. The van der Waals surface area contributed by atoms with Gasteiger partial charge >= 0.3 is 0 Å². The van der Waals surface area contributed by atoms with Crippen molar-refractivity contribution in [2.75, 3.05) is 5.73 Å². The number of nitrogens with zero attached hydrogens (tertiary/aromatic N) is 1. The second kappa shape index (κ2) is 3.70. The van der Waals surface area contributed by atoms with Crippen LogP contribution >= 0.6 is 15.9 Å². The van der Waals surface area contributed by atoms with Gasteiger partial charge in [0.1, 0.15) is 12.2 Å². The Morgan fingerprint density at radius 3 is 2.43 bits per heavy atom. The van der Waals surface area contributed by atoms with Crippen molar-refractivity contribution in [3.63, 3.8) is 0 Å². The molecule has 6 N–H and O–H groups in total. The summed E-state index contributed by atoms with van der Waals surface area (Å²) in [4.78, 5) is 21.6. The van der Waals surface area contributed by atoms with Crippen molar-refractivity contribution in [3.05, 3.63) is 16.4 Å². The van der Waals surface area contributed by atoms with Gasteiger partial charge in [0, 0.05) is 6.20 Å². The van der Waals surface area contributed by atoms with Gasteiger partial charge in [-0.25, -0.2) is 0 Å². The lowest BCUT2D eigenvalue weighted by atomic mass is 10.3. The van der Waals surface area contributed by atoms with E-state index in [2.05, 4.69) is 15.9 Å². The molecule has 1 aromatic rings. The number of anilines is 1. The number of rotatable bonds is 3. The van der Waals surface area contributed by atoms with Crippen LogP contribution in [0.25, 0.3) is 0 Å². The van der Waals surface area contributed by atoms with E-state index in [0.717, 1.165) is 0 Å². The maximum atomic E-state index is 11.0. The summed E-state index contributed by atoms with van der Waals surface area (Å²) in [5.41, 5.74) is 15.9. The van der Waals surface area contributed by atoms with Crippen LogP contribution in [0.1, 0.15) is 10.5 Å². The van der Waals surface area contributed by atoms with Crippen molar-refractivity contribution in [1.82, 2.24) is 4.57 Å². The molecule has 14 heavy (non-hydrogen) atoms. The molecule has 0 aliphatic rings. The van der Waals surface area contributed by atoms with E-state index in [0.29, 0.717) is 4.47 Å². The molecule has 0 fully saturated rings. The van der Waals surface area contributed by atoms with E-state index in [-0.39, 0.29) is 17.9 Å². The van der Waals surface area contributed by atoms with Crippen LogP contribution in [-0.2, 0) is 11.3 Å². The fraction of sp³-hybridized carbons (Fsp3) is 0.143. The van der Waals surface area contributed by atoms with Crippen molar-refractivity contribution in [1.29, 1.82) is 0 Å². The number of carbonyl (C=O) groups is 2. The molecule has 0 bridgehead atoms. The second-order valence-electron chi connectivity index (χ2n) is 2.70. The molecule has 0 spiro atoms. The highest BCUT2D eigenvalue weighted by Crippen LogP contribution is 2.25. The van der Waals surface area contributed by atoms with E-state index in [9.17, 15) is 9.59 Å². The van der Waals surface area contributed by atoms with Gasteiger partial charge in [-0.1, -0.05) is 0 Å². The molecule has 0 aliphatic carbocycles. The number of hydrogen-bond donors (Lipinski definition) is 3. The number of hydrogen-bond acceptors (Lipinski definition) is 3. The zero-order valence-corrected chi connectivity index (χ0v) is 8.74. The third-order valence-corrected chi connectivity index (χ3v) is 2.26. The van der Waals surface area contributed by atoms with Crippen LogP contribution in [0.4, 0.5) is 5.69 Å². The van der Waals surface area contributed by atoms with Gasteiger partial charge in [0.05, 0.1) is 10.2 Å². The fourth-order valence-electron chi connectivity index (χ4n) is 1.11. The SMILES string of the molecule is NC(=O)Cn1cc(Br)c(N)c1C(N)=O. The predicted octanol–water partition coefficient (Wildman–Crippen LogP) is -0.583. The van der Waals surface area contributed by atoms with Gasteiger partial charge in [0.15, 0.2) is 0 Å². The van der Waals surface area contributed by atoms with Crippen LogP contribution in [0.3, 0.4) is 0 Å². The first-order valence-electron chi connectivity index (χ1n) is 3.65. The highest BCUT2D eigenvalue weighted by molar-refractivity contribution is 9.10. The van der Waals surface area contributed by atoms with Gasteiger partial charge in [-0.05, 0) is 15.9 Å². The van der Waals surface area contributed by atoms with Crippen LogP contribution in [0.5, 0.6) is 0 Å². The zero-order chi connectivity index (χ0) is 10.9. The molecule has 0 atom stereocenters. The molecule has 1 heterocycles. The molecule has 0 aromatic carbocycles. The Morgan fingerprint density at radius 2 is 2.00 bits per heavy atom. The normalized spacial score (nSPS) is 10.1. The van der Waals surface area contributed by atoms with Gasteiger partial charge < -0.3 is 21.8 Å². The smallest absolute Gasteiger partial charge is 0.267 e. The quantitative estimate of drug-likeness (QED) is 0.675. The molecule has 1 aromatic heterocycles. The number of aromatic nitrogens is 1. The summed E-state index contributed by atoms with van der Waals surface area (Å²) in [6.45, 7) is -0.131. The Labute approximate surface area is 88.2 Å². The number of amides is 2. The second-order valence-corrected chi connectivity index (χ2v) is 3.55. The summed E-state index contributed by atoms with van der Waals surface area (Å²) in [6.07, 6.45) is 1.49. The van der Waals surface area contributed by atoms with E-state index in [1.807, 2.05) is 0 Å². The number of nitrogen functional groups attached to an aromatic ring is 1. The molecule has 2 amide bonds. The summed E-state index contributed by atoms with van der Waals surface area (Å²) in [7, 11) is 0. The maximum absolute atomic E-state index is 11.0. The molecule has 1 rings (SSSR count). The van der Waals surface area contributed by atoms with Gasteiger partial charge in [-0.2, -0.15) is 0 Å². The third kappa shape index (κ3) is 1.87. The van der Waals surface area contributed by atoms with Crippen LogP contribution in [-0.4, -0.2) is 16.4 Å². The minimum absolute atomic E-state index is 0.0793. The number of nitrogens with two attached hydrogens (primary N) is 3. The third-order valence-electron chi connectivity index (χ3n) is 1.63. The maximum Gasteiger partial charge on any atom is 0.267 e. The molecule has 0 saturated carbocycles. The average Bonchev–Trinajstić information content (AvgIpc) is 2.26. The molecule has 0 radical (unpaired) electrons. The molecule has 76 valence electrons. The highest BCUT2D eigenvalue weighted by atomic mass is 79.9. The van der Waals surface area contributed by atoms with Crippen molar-refractivity contribution in [2.45, 2.75) is 6.54 Å². The Morgan fingerprint density at radius 1 is 1.43 bits per heavy atom. The summed E-state index contributed by atoms with van der Waals surface area (Å²) in [6, 6.07) is 0. The molecule has 0 saturated heterocycles. The van der Waals surface area contributed by atoms with Crippen molar-refractivity contribution in [3.8, 4) is 0 Å². The zero-order valence-electron chi connectivity index (χ0n) is 7.16. The Kier molecular flexibility index (Phi) is 2.80. The molecular weight excluding hydrogens is 252 g/mol. The number of primary amides is 2. The first kappa shape index (κ1) is 10.6. The van der Waals surface area contributed by atoms with E-state index in [4.69, 9.17) is 17.2 Å². The monoisotopic (exact) mass is 260 g/mol. The van der Waals surface area contributed by atoms with E-state index >= 15 is 0 Å². The number of carbonyl (C=O) groups excluding carboxylic acids is 2. The lowest BCUT2D eigenvalue weighted by Gasteiger charge is -2.03. The Hall–Kier alpha value is -1.50. The topological polar surface area (TPSA) is 117 Å². The first-order chi connectivity index (χ1) is 6.43. The predicted molar refractivity (Wildman–Crippen MR) is 54.3 cm³/mol. The Balaban J connectivity index is 3.22. The summed E-state index contributed by atoms with van der Waals surface area (Å²) >= 11 is 3.12. The standard InChI is InChI=1S/C7H9BrN4O2/c8-3-1-12(2-4(9)13)6(5(3)10)7(11)14/h1H,2,10H2,(H2,9,13)(H2,11,14). The van der Waals surface area contributed by atoms with E-state index in [1.54, 1.807) is 0 Å². The van der Waals surface area contributed by atoms with Crippen molar-refractivity contribution >= 4 is 33.4 Å². The summed E-state index contributed by atoms with van der Waals surface area (Å²) in [5, 5.41) is 0. The van der Waals surface area contributed by atoms with Gasteiger partial charge in [-0.3, -0.25) is 9.59 Å². The molecule has 7 heteroatoms. The summed E-state index contributed by atoms with van der Waals surface area (Å²) in [5.74, 6) is -1.27. The summed E-state index contributed by atoms with van der Waals surface area (Å²) < 4.78 is 1.82. The van der Waals surface area contributed by atoms with Crippen molar-refractivity contribution < 1.29 is 9.59 Å². The minimum atomic E-state index is -0.700. The fourth-order valence-corrected chi connectivity index (χ4v) is 1.54. The van der Waals surface area contributed by atoms with Crippen LogP contribution < -0.4 is 17.2 Å². The van der Waals surface area contributed by atoms with Gasteiger partial charge in [0.25, 0.3) is 5.91 Å². The minimum Gasteiger partial charge on any atom is -0.396 e. The van der Waals surface area contributed by atoms with Gasteiger partial charge in [-0.15, -0.1) is 0 Å². The Bertz CT molecular complexity index is 399. The lowest BCUT2D eigenvalue weighted by Crippen LogP contribution is -2.24. The van der Waals surface area contributed by atoms with E-state index < -0.39 is 11.8 Å². The van der Waals surface area contributed by atoms with Gasteiger partial charge in [0.2, 0.25) is 5.91 Å². The van der Waals surface area contributed by atoms with Crippen LogP contribution in [0.15, 0.2) is 10.7 Å². The van der Waals surface area contributed by atoms with Crippen molar-refractivity contribution in [2.24, 2.45) is 11.5 Å². The highest BCUT2D eigenvalue weighted by Gasteiger charge is 2.17. The molecule has 6 nitrogen and oxygen atoms in total. The molecule has 0 aliphatic heterocycles. The van der Waals surface area contributed by atoms with Crippen LogP contribution in [0, 0.1) is 0 Å².